The first-order valence-corrected chi connectivity index (χ1v) is 11.8. The number of sulfonamides is 1. The Balaban J connectivity index is 1.46. The first-order valence-electron chi connectivity index (χ1n) is 10.4. The van der Waals surface area contributed by atoms with Crippen LogP contribution in [0.15, 0.2) is 35.4 Å². The summed E-state index contributed by atoms with van der Waals surface area (Å²) < 4.78 is 27.9. The first kappa shape index (κ1) is 20.1. The number of aromatic nitrogens is 2. The van der Waals surface area contributed by atoms with E-state index < -0.39 is 10.0 Å². The minimum absolute atomic E-state index is 0.417. The van der Waals surface area contributed by atoms with Crippen molar-refractivity contribution in [1.82, 2.24) is 14.3 Å². The zero-order valence-corrected chi connectivity index (χ0v) is 18.0. The van der Waals surface area contributed by atoms with Gasteiger partial charge in [-0.2, -0.15) is 9.29 Å². The lowest BCUT2D eigenvalue weighted by atomic mass is 10.1. The normalized spacial score (nSPS) is 18.8. The molecule has 156 valence electrons. The Morgan fingerprint density at radius 1 is 0.862 bits per heavy atom. The van der Waals surface area contributed by atoms with Crippen LogP contribution in [0.1, 0.15) is 30.4 Å². The summed E-state index contributed by atoms with van der Waals surface area (Å²) >= 11 is 0. The molecule has 29 heavy (non-hydrogen) atoms. The largest absolute Gasteiger partial charge is 0.354 e. The molecular weight excluding hydrogens is 386 g/mol. The minimum atomic E-state index is -3.48. The average Bonchev–Trinajstić information content (AvgIpc) is 2.76. The molecule has 0 saturated carbocycles. The molecule has 2 aromatic rings. The molecule has 1 aromatic carbocycles. The highest BCUT2D eigenvalue weighted by Crippen LogP contribution is 2.24. The lowest BCUT2D eigenvalue weighted by molar-refractivity contribution is 0.383. The molecule has 0 radical (unpaired) electrons. The van der Waals surface area contributed by atoms with Gasteiger partial charge in [0.05, 0.1) is 4.90 Å². The minimum Gasteiger partial charge on any atom is -0.354 e. The Hall–Kier alpha value is -2.19. The van der Waals surface area contributed by atoms with Gasteiger partial charge < -0.3 is 9.80 Å². The Labute approximate surface area is 173 Å². The van der Waals surface area contributed by atoms with Gasteiger partial charge in [0.2, 0.25) is 16.0 Å². The third-order valence-electron chi connectivity index (χ3n) is 5.79. The third kappa shape index (κ3) is 4.23. The number of nitrogens with zero attached hydrogens (tertiary/aromatic N) is 5. The molecule has 2 aliphatic heterocycles. The summed E-state index contributed by atoms with van der Waals surface area (Å²) in [6.45, 7) is 7.95. The van der Waals surface area contributed by atoms with E-state index in [0.29, 0.717) is 31.1 Å². The molecule has 2 fully saturated rings. The van der Waals surface area contributed by atoms with Crippen molar-refractivity contribution in [3.05, 3.63) is 41.6 Å². The lowest BCUT2D eigenvalue weighted by Crippen LogP contribution is -2.49. The van der Waals surface area contributed by atoms with Crippen LogP contribution in [0.5, 0.6) is 0 Å². The monoisotopic (exact) mass is 415 g/mol. The Morgan fingerprint density at radius 2 is 1.59 bits per heavy atom. The number of piperazine rings is 1. The Kier molecular flexibility index (Phi) is 5.74. The second-order valence-corrected chi connectivity index (χ2v) is 9.83. The van der Waals surface area contributed by atoms with Crippen LogP contribution in [0.2, 0.25) is 0 Å². The number of piperidine rings is 1. The van der Waals surface area contributed by atoms with Gasteiger partial charge in [-0.05, 0) is 56.4 Å². The molecule has 3 heterocycles. The van der Waals surface area contributed by atoms with Crippen LogP contribution in [-0.4, -0.2) is 62.0 Å². The molecular formula is C21H29N5O2S. The zero-order valence-electron chi connectivity index (χ0n) is 17.2. The standard InChI is InChI=1S/C21H29N5O2S/c1-17-6-7-18(2)19(16-17)29(27,28)26-14-12-24(13-15-26)20-8-9-22-21(23-20)25-10-4-3-5-11-25/h6-9,16H,3-5,10-15H2,1-2H3. The average molecular weight is 416 g/mol. The molecule has 0 aliphatic carbocycles. The van der Waals surface area contributed by atoms with Gasteiger partial charge in [-0.3, -0.25) is 0 Å². The number of aryl methyl sites for hydroxylation is 2. The molecule has 0 N–H and O–H groups in total. The highest BCUT2D eigenvalue weighted by Gasteiger charge is 2.30. The molecule has 0 bridgehead atoms. The van der Waals surface area contributed by atoms with Crippen LogP contribution in [-0.2, 0) is 10.0 Å². The second kappa shape index (κ2) is 8.28. The van der Waals surface area contributed by atoms with E-state index in [1.54, 1.807) is 10.4 Å². The lowest BCUT2D eigenvalue weighted by Gasteiger charge is -2.35. The van der Waals surface area contributed by atoms with Gasteiger partial charge in [0.25, 0.3) is 0 Å². The van der Waals surface area contributed by atoms with E-state index in [1.165, 1.54) is 19.3 Å². The molecule has 0 spiro atoms. The summed E-state index contributed by atoms with van der Waals surface area (Å²) in [5.41, 5.74) is 1.75. The quantitative estimate of drug-likeness (QED) is 0.765. The predicted octanol–water partition coefficient (Wildman–Crippen LogP) is 2.59. The summed E-state index contributed by atoms with van der Waals surface area (Å²) in [4.78, 5) is 14.0. The van der Waals surface area contributed by atoms with Crippen molar-refractivity contribution in [2.24, 2.45) is 0 Å². The topological polar surface area (TPSA) is 69.6 Å². The first-order chi connectivity index (χ1) is 13.9. The third-order valence-corrected chi connectivity index (χ3v) is 7.83. The van der Waals surface area contributed by atoms with Crippen LogP contribution in [0.4, 0.5) is 11.8 Å². The smallest absolute Gasteiger partial charge is 0.243 e. The maximum absolute atomic E-state index is 13.1. The number of anilines is 2. The van der Waals surface area contributed by atoms with Crippen molar-refractivity contribution in [1.29, 1.82) is 0 Å². The molecule has 2 aliphatic rings. The maximum atomic E-state index is 13.1. The summed E-state index contributed by atoms with van der Waals surface area (Å²) in [7, 11) is -3.48. The number of hydrogen-bond acceptors (Lipinski definition) is 6. The van der Waals surface area contributed by atoms with Gasteiger partial charge in [-0.1, -0.05) is 12.1 Å². The SMILES string of the molecule is Cc1ccc(C)c(S(=O)(=O)N2CCN(c3ccnc(N4CCCCC4)n3)CC2)c1. The van der Waals surface area contributed by atoms with Crippen molar-refractivity contribution < 1.29 is 8.42 Å². The fourth-order valence-electron chi connectivity index (χ4n) is 4.04. The van der Waals surface area contributed by atoms with E-state index in [1.807, 2.05) is 38.2 Å². The van der Waals surface area contributed by atoms with E-state index in [4.69, 9.17) is 4.98 Å². The fraction of sp³-hybridized carbons (Fsp3) is 0.524. The van der Waals surface area contributed by atoms with Crippen LogP contribution >= 0.6 is 0 Å². The number of rotatable bonds is 4. The van der Waals surface area contributed by atoms with Crippen LogP contribution < -0.4 is 9.80 Å². The van der Waals surface area contributed by atoms with E-state index >= 15 is 0 Å². The second-order valence-electron chi connectivity index (χ2n) is 7.92. The van der Waals surface area contributed by atoms with E-state index in [-0.39, 0.29) is 0 Å². The van der Waals surface area contributed by atoms with Crippen LogP contribution in [0, 0.1) is 13.8 Å². The van der Waals surface area contributed by atoms with E-state index in [2.05, 4.69) is 14.8 Å². The molecule has 0 unspecified atom stereocenters. The predicted molar refractivity (Wildman–Crippen MR) is 115 cm³/mol. The number of benzene rings is 1. The highest BCUT2D eigenvalue weighted by atomic mass is 32.2. The van der Waals surface area contributed by atoms with Crippen molar-refractivity contribution in [3.8, 4) is 0 Å². The van der Waals surface area contributed by atoms with Crippen molar-refractivity contribution in [3.63, 3.8) is 0 Å². The summed E-state index contributed by atoms with van der Waals surface area (Å²) in [6.07, 6.45) is 5.45. The van der Waals surface area contributed by atoms with Gasteiger partial charge in [-0.25, -0.2) is 13.4 Å². The van der Waals surface area contributed by atoms with Gasteiger partial charge in [-0.15, -0.1) is 0 Å². The van der Waals surface area contributed by atoms with Crippen LogP contribution in [0.3, 0.4) is 0 Å². The van der Waals surface area contributed by atoms with Crippen molar-refractivity contribution in [2.45, 2.75) is 38.0 Å². The van der Waals surface area contributed by atoms with Gasteiger partial charge in [0, 0.05) is 45.5 Å². The molecule has 8 heteroatoms. The van der Waals surface area contributed by atoms with Crippen molar-refractivity contribution in [2.75, 3.05) is 49.1 Å². The fourth-order valence-corrected chi connectivity index (χ4v) is 5.78. The summed E-state index contributed by atoms with van der Waals surface area (Å²) in [6, 6.07) is 7.51. The zero-order chi connectivity index (χ0) is 20.4. The molecule has 2 saturated heterocycles. The van der Waals surface area contributed by atoms with Gasteiger partial charge >= 0.3 is 0 Å². The maximum Gasteiger partial charge on any atom is 0.243 e. The molecule has 0 amide bonds. The molecule has 0 atom stereocenters. The van der Waals surface area contributed by atoms with E-state index in [9.17, 15) is 8.42 Å². The number of hydrogen-bond donors (Lipinski definition) is 0. The van der Waals surface area contributed by atoms with Crippen molar-refractivity contribution >= 4 is 21.8 Å². The van der Waals surface area contributed by atoms with Crippen LogP contribution in [0.25, 0.3) is 0 Å². The van der Waals surface area contributed by atoms with Gasteiger partial charge in [0.1, 0.15) is 5.82 Å². The molecule has 1 aromatic heterocycles. The highest BCUT2D eigenvalue weighted by molar-refractivity contribution is 7.89. The Bertz CT molecular complexity index is 965. The molecule has 4 rings (SSSR count). The summed E-state index contributed by atoms with van der Waals surface area (Å²) in [5, 5.41) is 0. The van der Waals surface area contributed by atoms with E-state index in [0.717, 1.165) is 36.0 Å². The summed E-state index contributed by atoms with van der Waals surface area (Å²) in [5.74, 6) is 1.66. The molecule has 7 nitrogen and oxygen atoms in total. The Morgan fingerprint density at radius 3 is 2.31 bits per heavy atom. The van der Waals surface area contributed by atoms with Gasteiger partial charge in [0.15, 0.2) is 0 Å².